The van der Waals surface area contributed by atoms with Gasteiger partial charge in [0.25, 0.3) is 5.91 Å². The molecule has 0 bridgehead atoms. The van der Waals surface area contributed by atoms with E-state index in [9.17, 15) is 4.79 Å². The number of rotatable bonds is 1. The molecule has 1 saturated heterocycles. The lowest BCUT2D eigenvalue weighted by molar-refractivity contribution is 0.0757. The Morgan fingerprint density at radius 2 is 2.17 bits per heavy atom. The van der Waals surface area contributed by atoms with Crippen molar-refractivity contribution in [2.75, 3.05) is 13.1 Å². The summed E-state index contributed by atoms with van der Waals surface area (Å²) in [6.07, 6.45) is 4.88. The fraction of sp³-hybridized carbons (Fsp3) is 0.571. The maximum atomic E-state index is 12.4. The Hall–Kier alpha value is -1.09. The van der Waals surface area contributed by atoms with E-state index in [2.05, 4.69) is 18.8 Å². The predicted octanol–water partition coefficient (Wildman–Crippen LogP) is 3.39. The SMILES string of the molecule is CC1(C)CCCN(C(=O)c2ccnc(Cl)c2)CC1. The number of aromatic nitrogens is 1. The summed E-state index contributed by atoms with van der Waals surface area (Å²) in [5.41, 5.74) is 0.972. The van der Waals surface area contributed by atoms with Crippen molar-refractivity contribution in [3.63, 3.8) is 0 Å². The molecule has 0 atom stereocenters. The van der Waals surface area contributed by atoms with Crippen LogP contribution < -0.4 is 0 Å². The molecular formula is C14H19ClN2O. The minimum Gasteiger partial charge on any atom is -0.339 e. The van der Waals surface area contributed by atoms with Crippen LogP contribution in [0, 0.1) is 5.41 Å². The van der Waals surface area contributed by atoms with Crippen LogP contribution in [-0.2, 0) is 0 Å². The molecule has 2 rings (SSSR count). The fourth-order valence-electron chi connectivity index (χ4n) is 2.34. The molecule has 2 heterocycles. The Morgan fingerprint density at radius 1 is 1.39 bits per heavy atom. The first kappa shape index (κ1) is 13.3. The van der Waals surface area contributed by atoms with Gasteiger partial charge in [0.15, 0.2) is 0 Å². The number of halogens is 1. The highest BCUT2D eigenvalue weighted by Gasteiger charge is 2.25. The molecule has 18 heavy (non-hydrogen) atoms. The highest BCUT2D eigenvalue weighted by Crippen LogP contribution is 2.30. The maximum absolute atomic E-state index is 12.4. The standard InChI is InChI=1S/C14H19ClN2O/c1-14(2)5-3-8-17(9-6-14)13(18)11-4-7-16-12(15)10-11/h4,7,10H,3,5-6,8-9H2,1-2H3. The van der Waals surface area contributed by atoms with Crippen molar-refractivity contribution in [3.8, 4) is 0 Å². The molecule has 0 saturated carbocycles. The topological polar surface area (TPSA) is 33.2 Å². The van der Waals surface area contributed by atoms with E-state index >= 15 is 0 Å². The average molecular weight is 267 g/mol. The number of hydrogen-bond acceptors (Lipinski definition) is 2. The second kappa shape index (κ2) is 5.27. The van der Waals surface area contributed by atoms with Crippen molar-refractivity contribution in [1.82, 2.24) is 9.88 Å². The lowest BCUT2D eigenvalue weighted by Gasteiger charge is -2.23. The van der Waals surface area contributed by atoms with Gasteiger partial charge in [0.1, 0.15) is 5.15 Å². The van der Waals surface area contributed by atoms with E-state index in [1.165, 1.54) is 6.42 Å². The van der Waals surface area contributed by atoms with Crippen LogP contribution in [0.5, 0.6) is 0 Å². The predicted molar refractivity (Wildman–Crippen MR) is 72.8 cm³/mol. The molecule has 1 aliphatic rings. The Balaban J connectivity index is 2.10. The molecule has 0 aromatic carbocycles. The molecule has 4 heteroatoms. The van der Waals surface area contributed by atoms with Crippen LogP contribution >= 0.6 is 11.6 Å². The number of nitrogens with zero attached hydrogens (tertiary/aromatic N) is 2. The molecule has 0 spiro atoms. The summed E-state index contributed by atoms with van der Waals surface area (Å²) >= 11 is 5.82. The highest BCUT2D eigenvalue weighted by molar-refractivity contribution is 6.29. The second-order valence-corrected chi connectivity index (χ2v) is 6.06. The van der Waals surface area contributed by atoms with Crippen LogP contribution in [0.25, 0.3) is 0 Å². The molecule has 3 nitrogen and oxygen atoms in total. The molecule has 98 valence electrons. The molecule has 0 aliphatic carbocycles. The van der Waals surface area contributed by atoms with Gasteiger partial charge in [0.05, 0.1) is 0 Å². The van der Waals surface area contributed by atoms with Crippen molar-refractivity contribution < 1.29 is 4.79 Å². The van der Waals surface area contributed by atoms with Gasteiger partial charge < -0.3 is 4.90 Å². The molecule has 1 fully saturated rings. The Kier molecular flexibility index (Phi) is 3.91. The van der Waals surface area contributed by atoms with Crippen LogP contribution in [0.2, 0.25) is 5.15 Å². The van der Waals surface area contributed by atoms with E-state index in [1.807, 2.05) is 4.90 Å². The maximum Gasteiger partial charge on any atom is 0.254 e. The van der Waals surface area contributed by atoms with Crippen LogP contribution in [-0.4, -0.2) is 28.9 Å². The van der Waals surface area contributed by atoms with E-state index in [1.54, 1.807) is 18.3 Å². The summed E-state index contributed by atoms with van der Waals surface area (Å²) < 4.78 is 0. The second-order valence-electron chi connectivity index (χ2n) is 5.68. The molecular weight excluding hydrogens is 248 g/mol. The van der Waals surface area contributed by atoms with E-state index in [0.29, 0.717) is 16.1 Å². The Labute approximate surface area is 113 Å². The molecule has 1 aliphatic heterocycles. The summed E-state index contributed by atoms with van der Waals surface area (Å²) in [5.74, 6) is 0.0667. The first-order valence-electron chi connectivity index (χ1n) is 6.39. The van der Waals surface area contributed by atoms with Crippen molar-refractivity contribution >= 4 is 17.5 Å². The van der Waals surface area contributed by atoms with Gasteiger partial charge in [-0.1, -0.05) is 25.4 Å². The van der Waals surface area contributed by atoms with Crippen LogP contribution in [0.15, 0.2) is 18.3 Å². The summed E-state index contributed by atoms with van der Waals surface area (Å²) in [7, 11) is 0. The monoisotopic (exact) mass is 266 g/mol. The van der Waals surface area contributed by atoms with Crippen LogP contribution in [0.3, 0.4) is 0 Å². The smallest absolute Gasteiger partial charge is 0.254 e. The van der Waals surface area contributed by atoms with E-state index in [-0.39, 0.29) is 5.91 Å². The third-order valence-corrected chi connectivity index (χ3v) is 3.81. The third kappa shape index (κ3) is 3.22. The van der Waals surface area contributed by atoms with Crippen LogP contribution in [0.1, 0.15) is 43.5 Å². The van der Waals surface area contributed by atoms with Gasteiger partial charge in [-0.05, 0) is 36.8 Å². The van der Waals surface area contributed by atoms with Gasteiger partial charge in [0, 0.05) is 24.8 Å². The third-order valence-electron chi connectivity index (χ3n) is 3.60. The number of pyridine rings is 1. The van der Waals surface area contributed by atoms with Gasteiger partial charge in [0.2, 0.25) is 0 Å². The van der Waals surface area contributed by atoms with E-state index in [4.69, 9.17) is 11.6 Å². The largest absolute Gasteiger partial charge is 0.339 e. The van der Waals surface area contributed by atoms with Crippen molar-refractivity contribution in [1.29, 1.82) is 0 Å². The number of likely N-dealkylation sites (tertiary alicyclic amines) is 1. The quantitative estimate of drug-likeness (QED) is 0.730. The number of carbonyl (C=O) groups is 1. The van der Waals surface area contributed by atoms with E-state index in [0.717, 1.165) is 25.9 Å². The number of amides is 1. The zero-order valence-electron chi connectivity index (χ0n) is 10.9. The molecule has 1 aromatic heterocycles. The first-order chi connectivity index (χ1) is 8.48. The van der Waals surface area contributed by atoms with Gasteiger partial charge in [-0.15, -0.1) is 0 Å². The van der Waals surface area contributed by atoms with Crippen LogP contribution in [0.4, 0.5) is 0 Å². The van der Waals surface area contributed by atoms with Gasteiger partial charge in [-0.2, -0.15) is 0 Å². The van der Waals surface area contributed by atoms with Crippen molar-refractivity contribution in [2.24, 2.45) is 5.41 Å². The Morgan fingerprint density at radius 3 is 2.89 bits per heavy atom. The lowest BCUT2D eigenvalue weighted by Crippen LogP contribution is -2.32. The Bertz CT molecular complexity index is 445. The van der Waals surface area contributed by atoms with Gasteiger partial charge in [-0.3, -0.25) is 4.79 Å². The average Bonchev–Trinajstić information content (AvgIpc) is 2.49. The minimum atomic E-state index is 0.0667. The summed E-state index contributed by atoms with van der Waals surface area (Å²) in [6, 6.07) is 3.37. The van der Waals surface area contributed by atoms with Crippen molar-refractivity contribution in [3.05, 3.63) is 29.0 Å². The van der Waals surface area contributed by atoms with Gasteiger partial charge >= 0.3 is 0 Å². The number of hydrogen-bond donors (Lipinski definition) is 0. The molecule has 1 amide bonds. The minimum absolute atomic E-state index is 0.0667. The summed E-state index contributed by atoms with van der Waals surface area (Å²) in [4.78, 5) is 18.2. The van der Waals surface area contributed by atoms with E-state index < -0.39 is 0 Å². The lowest BCUT2D eigenvalue weighted by atomic mass is 9.85. The molecule has 0 N–H and O–H groups in total. The highest BCUT2D eigenvalue weighted by atomic mass is 35.5. The molecule has 1 aromatic rings. The summed E-state index contributed by atoms with van der Waals surface area (Å²) in [6.45, 7) is 6.20. The van der Waals surface area contributed by atoms with Gasteiger partial charge in [-0.25, -0.2) is 4.98 Å². The number of carbonyl (C=O) groups excluding carboxylic acids is 1. The van der Waals surface area contributed by atoms with Crippen molar-refractivity contribution in [2.45, 2.75) is 33.1 Å². The zero-order valence-corrected chi connectivity index (χ0v) is 11.7. The molecule has 0 radical (unpaired) electrons. The summed E-state index contributed by atoms with van der Waals surface area (Å²) in [5, 5.41) is 0.371. The molecule has 0 unspecified atom stereocenters. The fourth-order valence-corrected chi connectivity index (χ4v) is 2.52. The first-order valence-corrected chi connectivity index (χ1v) is 6.77. The zero-order chi connectivity index (χ0) is 13.2. The normalized spacial score (nSPS) is 19.4.